The number of aromatic nitrogens is 2. The summed E-state index contributed by atoms with van der Waals surface area (Å²) < 4.78 is 0. The first-order valence-corrected chi connectivity index (χ1v) is 7.19. The molecular formula is C16H20N4O2. The molecule has 0 atom stereocenters. The molecule has 6 heteroatoms. The second kappa shape index (κ2) is 7.00. The number of aryl methyl sites for hydroxylation is 1. The van der Waals surface area contributed by atoms with E-state index in [1.807, 2.05) is 25.1 Å². The minimum absolute atomic E-state index is 0.101. The number of aromatic amines is 1. The minimum Gasteiger partial charge on any atom is -0.322 e. The normalized spacial score (nSPS) is 10.5. The number of carbonyl (C=O) groups excluding carboxylic acids is 1. The van der Waals surface area contributed by atoms with E-state index in [0.717, 1.165) is 18.7 Å². The van der Waals surface area contributed by atoms with Crippen LogP contribution in [0.4, 0.5) is 5.69 Å². The maximum atomic E-state index is 12.4. The fourth-order valence-corrected chi connectivity index (χ4v) is 2.12. The van der Waals surface area contributed by atoms with E-state index in [9.17, 15) is 9.59 Å². The standard InChI is InChI=1S/C16H20N4O2/c1-4-17-9-12-6-5-7-13(8-12)18-15(21)14-10(2)11(3)19-20-16(14)22/h5-8,17H,4,9H2,1-3H3,(H,18,21)(H,20,22). The summed E-state index contributed by atoms with van der Waals surface area (Å²) in [5.41, 5.74) is 2.56. The predicted molar refractivity (Wildman–Crippen MR) is 86.1 cm³/mol. The molecule has 0 aliphatic carbocycles. The molecule has 0 fully saturated rings. The SMILES string of the molecule is CCNCc1cccc(NC(=O)c2c(C)c(C)n[nH]c2=O)c1. The van der Waals surface area contributed by atoms with E-state index in [1.54, 1.807) is 19.9 Å². The van der Waals surface area contributed by atoms with Crippen molar-refractivity contribution in [2.75, 3.05) is 11.9 Å². The minimum atomic E-state index is -0.482. The third-order valence-electron chi connectivity index (χ3n) is 3.46. The summed E-state index contributed by atoms with van der Waals surface area (Å²) in [7, 11) is 0. The summed E-state index contributed by atoms with van der Waals surface area (Å²) in [4.78, 5) is 24.2. The second-order valence-electron chi connectivity index (χ2n) is 5.07. The van der Waals surface area contributed by atoms with Gasteiger partial charge < -0.3 is 10.6 Å². The Morgan fingerprint density at radius 2 is 2.09 bits per heavy atom. The molecule has 0 saturated carbocycles. The van der Waals surface area contributed by atoms with E-state index in [2.05, 4.69) is 20.8 Å². The molecule has 2 aromatic rings. The Labute approximate surface area is 129 Å². The van der Waals surface area contributed by atoms with Gasteiger partial charge in [-0.25, -0.2) is 5.10 Å². The Bertz CT molecular complexity index is 737. The molecule has 0 spiro atoms. The number of hydrogen-bond acceptors (Lipinski definition) is 4. The molecule has 3 N–H and O–H groups in total. The van der Waals surface area contributed by atoms with Crippen LogP contribution in [0.25, 0.3) is 0 Å². The van der Waals surface area contributed by atoms with Crippen LogP contribution in [0.2, 0.25) is 0 Å². The van der Waals surface area contributed by atoms with Crippen molar-refractivity contribution in [2.24, 2.45) is 0 Å². The third kappa shape index (κ3) is 3.59. The lowest BCUT2D eigenvalue weighted by molar-refractivity contribution is 0.102. The fourth-order valence-electron chi connectivity index (χ4n) is 2.12. The Kier molecular flexibility index (Phi) is 5.06. The van der Waals surface area contributed by atoms with Crippen LogP contribution in [-0.2, 0) is 6.54 Å². The van der Waals surface area contributed by atoms with Gasteiger partial charge >= 0.3 is 0 Å². The summed E-state index contributed by atoms with van der Waals surface area (Å²) in [6.07, 6.45) is 0. The van der Waals surface area contributed by atoms with Crippen LogP contribution in [0.1, 0.15) is 34.1 Å². The van der Waals surface area contributed by atoms with Crippen LogP contribution in [0.15, 0.2) is 29.1 Å². The monoisotopic (exact) mass is 300 g/mol. The molecule has 1 aromatic carbocycles. The van der Waals surface area contributed by atoms with E-state index in [-0.39, 0.29) is 5.56 Å². The Morgan fingerprint density at radius 3 is 2.82 bits per heavy atom. The van der Waals surface area contributed by atoms with Crippen molar-refractivity contribution < 1.29 is 4.79 Å². The topological polar surface area (TPSA) is 86.9 Å². The van der Waals surface area contributed by atoms with Gasteiger partial charge in [0.25, 0.3) is 11.5 Å². The highest BCUT2D eigenvalue weighted by atomic mass is 16.2. The van der Waals surface area contributed by atoms with Crippen LogP contribution < -0.4 is 16.2 Å². The third-order valence-corrected chi connectivity index (χ3v) is 3.46. The van der Waals surface area contributed by atoms with Gasteiger partial charge in [0.1, 0.15) is 5.56 Å². The van der Waals surface area contributed by atoms with Crippen molar-refractivity contribution in [1.29, 1.82) is 0 Å². The van der Waals surface area contributed by atoms with Crippen molar-refractivity contribution >= 4 is 11.6 Å². The molecular weight excluding hydrogens is 280 g/mol. The van der Waals surface area contributed by atoms with Crippen molar-refractivity contribution in [3.63, 3.8) is 0 Å². The van der Waals surface area contributed by atoms with Crippen molar-refractivity contribution in [3.8, 4) is 0 Å². The van der Waals surface area contributed by atoms with Gasteiger partial charge in [-0.3, -0.25) is 9.59 Å². The Hall–Kier alpha value is -2.47. The number of rotatable bonds is 5. The number of benzene rings is 1. The number of nitrogens with one attached hydrogen (secondary N) is 3. The maximum absolute atomic E-state index is 12.4. The van der Waals surface area contributed by atoms with Gasteiger partial charge in [-0.1, -0.05) is 19.1 Å². The van der Waals surface area contributed by atoms with E-state index >= 15 is 0 Å². The molecule has 0 bridgehead atoms. The molecule has 1 aromatic heterocycles. The molecule has 0 aliphatic heterocycles. The van der Waals surface area contributed by atoms with Crippen LogP contribution >= 0.6 is 0 Å². The van der Waals surface area contributed by atoms with Crippen LogP contribution in [0, 0.1) is 13.8 Å². The highest BCUT2D eigenvalue weighted by Gasteiger charge is 2.16. The van der Waals surface area contributed by atoms with Crippen LogP contribution in [0.3, 0.4) is 0 Å². The summed E-state index contributed by atoms with van der Waals surface area (Å²) >= 11 is 0. The molecule has 1 amide bonds. The summed E-state index contributed by atoms with van der Waals surface area (Å²) in [6, 6.07) is 7.53. The first-order valence-electron chi connectivity index (χ1n) is 7.19. The van der Waals surface area contributed by atoms with E-state index in [4.69, 9.17) is 0 Å². The highest BCUT2D eigenvalue weighted by molar-refractivity contribution is 6.05. The van der Waals surface area contributed by atoms with Crippen LogP contribution in [-0.4, -0.2) is 22.6 Å². The summed E-state index contributed by atoms with van der Waals surface area (Å²) in [6.45, 7) is 7.11. The van der Waals surface area contributed by atoms with Crippen molar-refractivity contribution in [2.45, 2.75) is 27.3 Å². The molecule has 0 aliphatic rings. The molecule has 1 heterocycles. The van der Waals surface area contributed by atoms with Crippen LogP contribution in [0.5, 0.6) is 0 Å². The Balaban J connectivity index is 2.23. The molecule has 6 nitrogen and oxygen atoms in total. The molecule has 0 unspecified atom stereocenters. The predicted octanol–water partition coefficient (Wildman–Crippen LogP) is 1.75. The number of nitrogens with zero attached hydrogens (tertiary/aromatic N) is 1. The second-order valence-corrected chi connectivity index (χ2v) is 5.07. The quantitative estimate of drug-likeness (QED) is 0.785. The van der Waals surface area contributed by atoms with Crippen molar-refractivity contribution in [1.82, 2.24) is 15.5 Å². The van der Waals surface area contributed by atoms with Gasteiger partial charge in [0.15, 0.2) is 0 Å². The van der Waals surface area contributed by atoms with Gasteiger partial charge in [-0.2, -0.15) is 5.10 Å². The average Bonchev–Trinajstić information content (AvgIpc) is 2.50. The largest absolute Gasteiger partial charge is 0.322 e. The van der Waals surface area contributed by atoms with Gasteiger partial charge in [0.2, 0.25) is 0 Å². The Morgan fingerprint density at radius 1 is 1.32 bits per heavy atom. The lowest BCUT2D eigenvalue weighted by atomic mass is 10.1. The summed E-state index contributed by atoms with van der Waals surface area (Å²) in [5, 5.41) is 12.2. The average molecular weight is 300 g/mol. The maximum Gasteiger partial charge on any atom is 0.277 e. The zero-order valence-corrected chi connectivity index (χ0v) is 13.0. The number of amides is 1. The lowest BCUT2D eigenvalue weighted by Crippen LogP contribution is -2.26. The number of anilines is 1. The van der Waals surface area contributed by atoms with E-state index < -0.39 is 11.5 Å². The van der Waals surface area contributed by atoms with E-state index in [0.29, 0.717) is 16.9 Å². The van der Waals surface area contributed by atoms with Gasteiger partial charge in [0, 0.05) is 12.2 Å². The number of hydrogen-bond donors (Lipinski definition) is 3. The first kappa shape index (κ1) is 15.9. The lowest BCUT2D eigenvalue weighted by Gasteiger charge is -2.09. The zero-order chi connectivity index (χ0) is 16.1. The number of H-pyrrole nitrogens is 1. The van der Waals surface area contributed by atoms with Gasteiger partial charge in [-0.15, -0.1) is 0 Å². The molecule has 2 rings (SSSR count). The molecule has 116 valence electrons. The summed E-state index contributed by atoms with van der Waals surface area (Å²) in [5.74, 6) is -0.426. The van der Waals surface area contributed by atoms with Gasteiger partial charge in [-0.05, 0) is 43.7 Å². The zero-order valence-electron chi connectivity index (χ0n) is 13.0. The van der Waals surface area contributed by atoms with E-state index in [1.165, 1.54) is 0 Å². The molecule has 22 heavy (non-hydrogen) atoms. The fraction of sp³-hybridized carbons (Fsp3) is 0.312. The molecule has 0 radical (unpaired) electrons. The van der Waals surface area contributed by atoms with Crippen molar-refractivity contribution in [3.05, 3.63) is 57.0 Å². The highest BCUT2D eigenvalue weighted by Crippen LogP contribution is 2.13. The first-order chi connectivity index (χ1) is 10.5. The smallest absolute Gasteiger partial charge is 0.277 e. The molecule has 0 saturated heterocycles. The van der Waals surface area contributed by atoms with Gasteiger partial charge in [0.05, 0.1) is 5.69 Å². The number of carbonyl (C=O) groups is 1.